The zero-order chi connectivity index (χ0) is 19.0. The van der Waals surface area contributed by atoms with E-state index in [0.29, 0.717) is 12.5 Å². The molecule has 0 bridgehead atoms. The van der Waals surface area contributed by atoms with Crippen LogP contribution in [0.2, 0.25) is 0 Å². The van der Waals surface area contributed by atoms with E-state index in [1.807, 2.05) is 6.92 Å². The quantitative estimate of drug-likeness (QED) is 0.651. The fraction of sp³-hybridized carbons (Fsp3) is 0.471. The number of imide groups is 1. The van der Waals surface area contributed by atoms with Crippen molar-refractivity contribution in [3.05, 3.63) is 35.4 Å². The Bertz CT molecular complexity index is 617. The number of hydrogen-bond acceptors (Lipinski definition) is 4. The van der Waals surface area contributed by atoms with Crippen molar-refractivity contribution in [2.24, 2.45) is 5.73 Å². The van der Waals surface area contributed by atoms with Crippen LogP contribution in [-0.4, -0.2) is 29.8 Å². The van der Waals surface area contributed by atoms with Gasteiger partial charge in [-0.05, 0) is 31.0 Å². The van der Waals surface area contributed by atoms with Crippen molar-refractivity contribution in [2.45, 2.75) is 51.6 Å². The van der Waals surface area contributed by atoms with Gasteiger partial charge in [0.2, 0.25) is 17.7 Å². The normalized spacial score (nSPS) is 13.0. The van der Waals surface area contributed by atoms with Gasteiger partial charge in [-0.3, -0.25) is 19.7 Å². The second-order valence-corrected chi connectivity index (χ2v) is 5.85. The zero-order valence-electron chi connectivity index (χ0n) is 14.3. The first-order chi connectivity index (χ1) is 11.7. The highest BCUT2D eigenvalue weighted by molar-refractivity contribution is 6.00. The number of nitrogens with two attached hydrogens (primary N) is 1. The third kappa shape index (κ3) is 7.38. The fourth-order valence-corrected chi connectivity index (χ4v) is 2.13. The SMILES string of the molecule is CCCC[C@H](N)C(=O)NC(=O)[C@H](C)NC(=O)Cc1cc(F)cc(F)c1. The highest BCUT2D eigenvalue weighted by Gasteiger charge is 2.21. The van der Waals surface area contributed by atoms with E-state index >= 15 is 0 Å². The maximum absolute atomic E-state index is 13.1. The summed E-state index contributed by atoms with van der Waals surface area (Å²) in [5.74, 6) is -3.49. The third-order valence-corrected chi connectivity index (χ3v) is 3.51. The Morgan fingerprint density at radius 2 is 1.72 bits per heavy atom. The summed E-state index contributed by atoms with van der Waals surface area (Å²) >= 11 is 0. The summed E-state index contributed by atoms with van der Waals surface area (Å²) in [6.07, 6.45) is 1.80. The Labute approximate surface area is 145 Å². The summed E-state index contributed by atoms with van der Waals surface area (Å²) < 4.78 is 26.2. The number of amides is 3. The molecule has 0 saturated carbocycles. The predicted octanol–water partition coefficient (Wildman–Crippen LogP) is 1.17. The van der Waals surface area contributed by atoms with Crippen LogP contribution in [0.5, 0.6) is 0 Å². The lowest BCUT2D eigenvalue weighted by Gasteiger charge is -2.16. The van der Waals surface area contributed by atoms with E-state index in [1.54, 1.807) is 0 Å². The molecule has 0 aliphatic rings. The minimum Gasteiger partial charge on any atom is -0.344 e. The van der Waals surface area contributed by atoms with Gasteiger partial charge in [0, 0.05) is 6.07 Å². The minimum atomic E-state index is -0.992. The molecule has 1 aromatic carbocycles. The van der Waals surface area contributed by atoms with Gasteiger partial charge in [-0.2, -0.15) is 0 Å². The number of carbonyl (C=O) groups excluding carboxylic acids is 3. The molecule has 2 atom stereocenters. The van der Waals surface area contributed by atoms with Crippen LogP contribution in [0.3, 0.4) is 0 Å². The molecule has 0 saturated heterocycles. The van der Waals surface area contributed by atoms with Gasteiger partial charge in [-0.15, -0.1) is 0 Å². The standard InChI is InChI=1S/C17H23F2N3O3/c1-3-4-5-14(20)17(25)22-16(24)10(2)21-15(23)8-11-6-12(18)9-13(19)7-11/h6-7,9-10,14H,3-5,8,20H2,1-2H3,(H,21,23)(H,22,24,25)/t10-,14-/m0/s1. The molecule has 138 valence electrons. The molecule has 4 N–H and O–H groups in total. The van der Waals surface area contributed by atoms with Crippen LogP contribution in [-0.2, 0) is 20.8 Å². The molecule has 0 heterocycles. The number of benzene rings is 1. The van der Waals surface area contributed by atoms with E-state index in [2.05, 4.69) is 10.6 Å². The number of nitrogens with one attached hydrogen (secondary N) is 2. The monoisotopic (exact) mass is 355 g/mol. The van der Waals surface area contributed by atoms with Crippen molar-refractivity contribution >= 4 is 17.7 Å². The lowest BCUT2D eigenvalue weighted by Crippen LogP contribution is -2.51. The molecule has 3 amide bonds. The summed E-state index contributed by atoms with van der Waals surface area (Å²) in [4.78, 5) is 35.5. The molecule has 8 heteroatoms. The van der Waals surface area contributed by atoms with Gasteiger partial charge in [0.1, 0.15) is 17.7 Å². The molecule has 0 aliphatic carbocycles. The van der Waals surface area contributed by atoms with Crippen molar-refractivity contribution in [1.82, 2.24) is 10.6 Å². The molecule has 0 radical (unpaired) electrons. The Morgan fingerprint density at radius 3 is 2.28 bits per heavy atom. The molecule has 0 spiro atoms. The number of carbonyl (C=O) groups is 3. The molecule has 1 rings (SSSR count). The van der Waals surface area contributed by atoms with Crippen LogP contribution < -0.4 is 16.4 Å². The van der Waals surface area contributed by atoms with Crippen molar-refractivity contribution in [3.63, 3.8) is 0 Å². The van der Waals surface area contributed by atoms with Gasteiger partial charge >= 0.3 is 0 Å². The third-order valence-electron chi connectivity index (χ3n) is 3.51. The molecule has 0 fully saturated rings. The van der Waals surface area contributed by atoms with Crippen LogP contribution in [0.15, 0.2) is 18.2 Å². The molecule has 25 heavy (non-hydrogen) atoms. The fourth-order valence-electron chi connectivity index (χ4n) is 2.13. The summed E-state index contributed by atoms with van der Waals surface area (Å²) in [7, 11) is 0. The van der Waals surface area contributed by atoms with E-state index in [9.17, 15) is 23.2 Å². The maximum Gasteiger partial charge on any atom is 0.248 e. The Balaban J connectivity index is 2.51. The van der Waals surface area contributed by atoms with Gasteiger partial charge in [0.25, 0.3) is 0 Å². The van der Waals surface area contributed by atoms with Crippen LogP contribution >= 0.6 is 0 Å². The Morgan fingerprint density at radius 1 is 1.12 bits per heavy atom. The second-order valence-electron chi connectivity index (χ2n) is 5.85. The topological polar surface area (TPSA) is 101 Å². The number of rotatable bonds is 8. The van der Waals surface area contributed by atoms with Crippen molar-refractivity contribution in [2.75, 3.05) is 0 Å². The Hall–Kier alpha value is -2.35. The molecule has 0 aromatic heterocycles. The smallest absolute Gasteiger partial charge is 0.248 e. The number of unbranched alkanes of at least 4 members (excludes halogenated alkanes) is 1. The van der Waals surface area contributed by atoms with E-state index < -0.39 is 41.4 Å². The average molecular weight is 355 g/mol. The van der Waals surface area contributed by atoms with Crippen molar-refractivity contribution in [3.8, 4) is 0 Å². The van der Waals surface area contributed by atoms with Crippen LogP contribution in [0, 0.1) is 11.6 Å². The lowest BCUT2D eigenvalue weighted by molar-refractivity contribution is -0.134. The van der Waals surface area contributed by atoms with Crippen LogP contribution in [0.25, 0.3) is 0 Å². The highest BCUT2D eigenvalue weighted by atomic mass is 19.1. The average Bonchev–Trinajstić information content (AvgIpc) is 2.50. The van der Waals surface area contributed by atoms with Gasteiger partial charge in [0.05, 0.1) is 12.5 Å². The van der Waals surface area contributed by atoms with Crippen molar-refractivity contribution in [1.29, 1.82) is 0 Å². The lowest BCUT2D eigenvalue weighted by atomic mass is 10.1. The first kappa shape index (κ1) is 20.7. The molecule has 0 unspecified atom stereocenters. The molecular weight excluding hydrogens is 332 g/mol. The molecule has 6 nitrogen and oxygen atoms in total. The first-order valence-electron chi connectivity index (χ1n) is 8.07. The minimum absolute atomic E-state index is 0.139. The molecular formula is C17H23F2N3O3. The first-order valence-corrected chi connectivity index (χ1v) is 8.07. The zero-order valence-corrected chi connectivity index (χ0v) is 14.3. The maximum atomic E-state index is 13.1. The number of halogens is 2. The second kappa shape index (κ2) is 9.83. The Kier molecular flexibility index (Phi) is 8.13. The van der Waals surface area contributed by atoms with Gasteiger partial charge in [0.15, 0.2) is 0 Å². The summed E-state index contributed by atoms with van der Waals surface area (Å²) in [5, 5.41) is 4.50. The summed E-state index contributed by atoms with van der Waals surface area (Å²) in [6.45, 7) is 3.35. The van der Waals surface area contributed by atoms with Gasteiger partial charge in [-0.25, -0.2) is 8.78 Å². The van der Waals surface area contributed by atoms with E-state index in [4.69, 9.17) is 5.73 Å². The van der Waals surface area contributed by atoms with Crippen LogP contribution in [0.1, 0.15) is 38.7 Å². The highest BCUT2D eigenvalue weighted by Crippen LogP contribution is 2.08. The molecule has 0 aliphatic heterocycles. The van der Waals surface area contributed by atoms with E-state index in [-0.39, 0.29) is 12.0 Å². The van der Waals surface area contributed by atoms with Crippen molar-refractivity contribution < 1.29 is 23.2 Å². The van der Waals surface area contributed by atoms with Crippen LogP contribution in [0.4, 0.5) is 8.78 Å². The molecule has 1 aromatic rings. The number of hydrogen-bond donors (Lipinski definition) is 3. The largest absolute Gasteiger partial charge is 0.344 e. The predicted molar refractivity (Wildman–Crippen MR) is 88.3 cm³/mol. The van der Waals surface area contributed by atoms with E-state index in [0.717, 1.165) is 25.0 Å². The van der Waals surface area contributed by atoms with E-state index in [1.165, 1.54) is 6.92 Å². The summed E-state index contributed by atoms with van der Waals surface area (Å²) in [6, 6.07) is 0.980. The van der Waals surface area contributed by atoms with Gasteiger partial charge in [-0.1, -0.05) is 19.8 Å². The van der Waals surface area contributed by atoms with Gasteiger partial charge < -0.3 is 11.1 Å². The summed E-state index contributed by atoms with van der Waals surface area (Å²) in [5.41, 5.74) is 5.80.